The van der Waals surface area contributed by atoms with E-state index in [2.05, 4.69) is 10.6 Å². The molecule has 154 valence electrons. The second-order valence-corrected chi connectivity index (χ2v) is 10.1. The van der Waals surface area contributed by atoms with Crippen molar-refractivity contribution in [2.24, 2.45) is 5.92 Å². The molecule has 1 heterocycles. The van der Waals surface area contributed by atoms with Gasteiger partial charge in [-0.15, -0.1) is 11.8 Å². The van der Waals surface area contributed by atoms with Crippen molar-refractivity contribution in [3.05, 3.63) is 47.8 Å². The second-order valence-electron chi connectivity index (χ2n) is 6.94. The lowest BCUT2D eigenvalue weighted by molar-refractivity contribution is -0.119. The first-order chi connectivity index (χ1) is 13.7. The van der Waals surface area contributed by atoms with Gasteiger partial charge in [0.25, 0.3) is 0 Å². The van der Waals surface area contributed by atoms with Gasteiger partial charge in [0.15, 0.2) is 9.84 Å². The van der Waals surface area contributed by atoms with Crippen molar-refractivity contribution in [1.29, 1.82) is 0 Å². The van der Waals surface area contributed by atoms with E-state index in [4.69, 9.17) is 0 Å². The van der Waals surface area contributed by atoms with Gasteiger partial charge in [0.1, 0.15) is 5.82 Å². The van der Waals surface area contributed by atoms with Crippen molar-refractivity contribution in [2.75, 3.05) is 22.1 Å². The number of anilines is 2. The number of benzene rings is 2. The van der Waals surface area contributed by atoms with E-state index in [-0.39, 0.29) is 16.6 Å². The summed E-state index contributed by atoms with van der Waals surface area (Å²) in [5.41, 5.74) is 1.45. The highest BCUT2D eigenvalue weighted by atomic mass is 32.2. The summed E-state index contributed by atoms with van der Waals surface area (Å²) in [5.74, 6) is -1.63. The fourth-order valence-electron chi connectivity index (χ4n) is 2.92. The molecule has 1 aliphatic rings. The molecule has 1 atom stereocenters. The van der Waals surface area contributed by atoms with Crippen LogP contribution >= 0.6 is 11.8 Å². The summed E-state index contributed by atoms with van der Waals surface area (Å²) in [6.45, 7) is 3.18. The molecule has 0 aliphatic carbocycles. The molecule has 2 amide bonds. The van der Waals surface area contributed by atoms with Crippen LogP contribution in [0, 0.1) is 18.7 Å². The molecule has 0 saturated heterocycles. The largest absolute Gasteiger partial charge is 0.326 e. The maximum absolute atomic E-state index is 13.2. The lowest BCUT2D eigenvalue weighted by Crippen LogP contribution is -2.27. The van der Waals surface area contributed by atoms with Crippen LogP contribution in [0.25, 0.3) is 0 Å². The first kappa shape index (κ1) is 21.3. The molecular formula is C20H21FN2O4S2. The summed E-state index contributed by atoms with van der Waals surface area (Å²) < 4.78 is 38.8. The molecule has 1 aliphatic heterocycles. The molecule has 0 fully saturated rings. The molecule has 0 radical (unpaired) electrons. The van der Waals surface area contributed by atoms with E-state index in [0.717, 1.165) is 4.90 Å². The average molecular weight is 437 g/mol. The molecule has 0 aromatic heterocycles. The Balaban J connectivity index is 1.74. The normalized spacial score (nSPS) is 15.1. The van der Waals surface area contributed by atoms with Crippen LogP contribution in [-0.2, 0) is 19.4 Å². The lowest BCUT2D eigenvalue weighted by Gasteiger charge is -2.15. The van der Waals surface area contributed by atoms with E-state index < -0.39 is 27.5 Å². The lowest BCUT2D eigenvalue weighted by atomic mass is 10.1. The third kappa shape index (κ3) is 5.16. The van der Waals surface area contributed by atoms with Gasteiger partial charge >= 0.3 is 0 Å². The average Bonchev–Trinajstić information content (AvgIpc) is 2.83. The molecule has 3 rings (SSSR count). The third-order valence-electron chi connectivity index (χ3n) is 4.53. The minimum absolute atomic E-state index is 0.0525. The van der Waals surface area contributed by atoms with Gasteiger partial charge in [0.2, 0.25) is 11.8 Å². The Morgan fingerprint density at radius 3 is 2.76 bits per heavy atom. The zero-order valence-electron chi connectivity index (χ0n) is 16.0. The Morgan fingerprint density at radius 2 is 2.03 bits per heavy atom. The highest BCUT2D eigenvalue weighted by Crippen LogP contribution is 2.33. The summed E-state index contributed by atoms with van der Waals surface area (Å²) in [5, 5.41) is 5.37. The molecule has 1 unspecified atom stereocenters. The van der Waals surface area contributed by atoms with Crippen molar-refractivity contribution < 1.29 is 22.4 Å². The molecule has 2 aromatic carbocycles. The predicted octanol–water partition coefficient (Wildman–Crippen LogP) is 3.62. The topological polar surface area (TPSA) is 92.3 Å². The van der Waals surface area contributed by atoms with Crippen LogP contribution in [0.15, 0.2) is 46.2 Å². The summed E-state index contributed by atoms with van der Waals surface area (Å²) >= 11 is 1.49. The van der Waals surface area contributed by atoms with E-state index in [1.165, 1.54) is 49.0 Å². The minimum atomic E-state index is -3.76. The molecule has 29 heavy (non-hydrogen) atoms. The molecule has 0 bridgehead atoms. The van der Waals surface area contributed by atoms with Gasteiger partial charge in [-0.25, -0.2) is 12.8 Å². The van der Waals surface area contributed by atoms with Crippen LogP contribution in [0.3, 0.4) is 0 Å². The second kappa shape index (κ2) is 8.54. The number of rotatable bonds is 5. The van der Waals surface area contributed by atoms with Gasteiger partial charge in [0.05, 0.1) is 16.3 Å². The van der Waals surface area contributed by atoms with Crippen molar-refractivity contribution >= 4 is 44.8 Å². The number of fused-ring (bicyclic) bond motifs is 1. The monoisotopic (exact) mass is 436 g/mol. The van der Waals surface area contributed by atoms with Gasteiger partial charge < -0.3 is 10.6 Å². The molecule has 0 spiro atoms. The van der Waals surface area contributed by atoms with Gasteiger partial charge in [-0.3, -0.25) is 9.59 Å². The Morgan fingerprint density at radius 1 is 1.28 bits per heavy atom. The van der Waals surface area contributed by atoms with Crippen LogP contribution in [-0.4, -0.2) is 31.7 Å². The highest BCUT2D eigenvalue weighted by Gasteiger charge is 2.25. The van der Waals surface area contributed by atoms with E-state index in [9.17, 15) is 22.4 Å². The Kier molecular flexibility index (Phi) is 6.28. The highest BCUT2D eigenvalue weighted by molar-refractivity contribution is 7.99. The Bertz CT molecular complexity index is 1070. The van der Waals surface area contributed by atoms with Gasteiger partial charge in [-0.1, -0.05) is 6.92 Å². The number of aryl methyl sites for hydroxylation is 1. The Labute approximate surface area is 173 Å². The van der Waals surface area contributed by atoms with Gasteiger partial charge in [-0.05, 0) is 48.9 Å². The van der Waals surface area contributed by atoms with Crippen LogP contribution in [0.5, 0.6) is 0 Å². The minimum Gasteiger partial charge on any atom is -0.326 e. The SMILES string of the molecule is Cc1cc(F)ccc1NC(=O)C(C)CS(=O)(=O)c1ccc2c(c1)NC(=O)CCS2. The maximum Gasteiger partial charge on any atom is 0.228 e. The summed E-state index contributed by atoms with van der Waals surface area (Å²) in [6, 6.07) is 8.57. The molecule has 9 heteroatoms. The van der Waals surface area contributed by atoms with Crippen LogP contribution in [0.4, 0.5) is 15.8 Å². The molecule has 6 nitrogen and oxygen atoms in total. The third-order valence-corrected chi connectivity index (χ3v) is 7.52. The smallest absolute Gasteiger partial charge is 0.228 e. The van der Waals surface area contributed by atoms with Crippen LogP contribution in [0.1, 0.15) is 18.9 Å². The van der Waals surface area contributed by atoms with Gasteiger partial charge in [-0.2, -0.15) is 0 Å². The fraction of sp³-hybridized carbons (Fsp3) is 0.300. The van der Waals surface area contributed by atoms with Crippen LogP contribution < -0.4 is 10.6 Å². The predicted molar refractivity (Wildman–Crippen MR) is 111 cm³/mol. The van der Waals surface area contributed by atoms with E-state index >= 15 is 0 Å². The van der Waals surface area contributed by atoms with Crippen LogP contribution in [0.2, 0.25) is 0 Å². The number of halogens is 1. The number of nitrogens with one attached hydrogen (secondary N) is 2. The summed E-state index contributed by atoms with van der Waals surface area (Å²) in [4.78, 5) is 25.1. The number of amides is 2. The number of sulfone groups is 1. The zero-order valence-corrected chi connectivity index (χ0v) is 17.6. The van der Waals surface area contributed by atoms with Crippen molar-refractivity contribution in [3.8, 4) is 0 Å². The zero-order chi connectivity index (χ0) is 21.2. The standard InChI is InChI=1S/C20H21FN2O4S2/c1-12-9-14(21)3-5-16(12)23-20(25)13(2)11-29(26,27)15-4-6-18-17(10-15)22-19(24)7-8-28-18/h3-6,9-10,13H,7-8,11H2,1-2H3,(H,22,24)(H,23,25). The molecule has 2 aromatic rings. The number of carbonyl (C=O) groups excluding carboxylic acids is 2. The maximum atomic E-state index is 13.2. The summed E-state index contributed by atoms with van der Waals surface area (Å²) in [7, 11) is -3.76. The van der Waals surface area contributed by atoms with E-state index in [1.54, 1.807) is 13.0 Å². The molecule has 0 saturated carbocycles. The summed E-state index contributed by atoms with van der Waals surface area (Å²) in [6.07, 6.45) is 0.363. The number of hydrogen-bond donors (Lipinski definition) is 2. The van der Waals surface area contributed by atoms with Crippen molar-refractivity contribution in [1.82, 2.24) is 0 Å². The van der Waals surface area contributed by atoms with E-state index in [0.29, 0.717) is 29.1 Å². The Hall–Kier alpha value is -2.39. The van der Waals surface area contributed by atoms with E-state index in [1.807, 2.05) is 0 Å². The fourth-order valence-corrected chi connectivity index (χ4v) is 5.43. The molecule has 2 N–H and O–H groups in total. The quantitative estimate of drug-likeness (QED) is 0.747. The van der Waals surface area contributed by atoms with Gasteiger partial charge in [0, 0.05) is 28.7 Å². The molecular weight excluding hydrogens is 415 g/mol. The first-order valence-corrected chi connectivity index (χ1v) is 11.7. The number of hydrogen-bond acceptors (Lipinski definition) is 5. The first-order valence-electron chi connectivity index (χ1n) is 9.02. The van der Waals surface area contributed by atoms with Crippen molar-refractivity contribution in [2.45, 2.75) is 30.1 Å². The number of carbonyl (C=O) groups is 2. The number of thioether (sulfide) groups is 1. The van der Waals surface area contributed by atoms with Crippen molar-refractivity contribution in [3.63, 3.8) is 0 Å².